The molecule has 1 aliphatic carbocycles. The average Bonchev–Trinajstić information content (AvgIpc) is 3.05. The maximum absolute atomic E-state index is 11.4. The molecule has 1 N–H and O–H groups in total. The van der Waals surface area contributed by atoms with Crippen molar-refractivity contribution in [2.45, 2.75) is 45.2 Å². The van der Waals surface area contributed by atoms with Crippen LogP contribution in [0.3, 0.4) is 0 Å². The molecule has 0 bridgehead atoms. The quantitative estimate of drug-likeness (QED) is 0.868. The van der Waals surface area contributed by atoms with Crippen LogP contribution in [-0.2, 0) is 4.79 Å². The fraction of sp³-hybridized carbons (Fsp3) is 0.538. The van der Waals surface area contributed by atoms with E-state index in [4.69, 9.17) is 0 Å². The van der Waals surface area contributed by atoms with Gasteiger partial charge in [-0.3, -0.25) is 0 Å². The maximum Gasteiger partial charge on any atom is 0.329 e. The molecule has 0 radical (unpaired) electrons. The Balaban J connectivity index is 2.43. The van der Waals surface area contributed by atoms with E-state index in [1.807, 2.05) is 24.0 Å². The van der Waals surface area contributed by atoms with E-state index in [0.29, 0.717) is 6.04 Å². The second kappa shape index (κ2) is 4.02. The van der Waals surface area contributed by atoms with Gasteiger partial charge in [-0.2, -0.15) is 0 Å². The number of aliphatic carboxylic acids is 1. The Morgan fingerprint density at radius 3 is 2.65 bits per heavy atom. The summed E-state index contributed by atoms with van der Waals surface area (Å²) < 4.78 is 0. The number of pyridine rings is 1. The number of hydrogen-bond donors (Lipinski definition) is 1. The molecular weight excluding hydrogens is 216 g/mol. The number of anilines is 1. The van der Waals surface area contributed by atoms with Gasteiger partial charge in [0, 0.05) is 12.2 Å². The van der Waals surface area contributed by atoms with Crippen molar-refractivity contribution in [3.05, 3.63) is 23.9 Å². The molecule has 1 aliphatic rings. The third-order valence-corrected chi connectivity index (χ3v) is 3.25. The molecule has 0 aliphatic heterocycles. The third-order valence-electron chi connectivity index (χ3n) is 3.25. The molecule has 4 nitrogen and oxygen atoms in total. The summed E-state index contributed by atoms with van der Waals surface area (Å²) in [7, 11) is 0. The topological polar surface area (TPSA) is 53.4 Å². The molecule has 1 saturated carbocycles. The normalized spacial score (nSPS) is 15.7. The molecule has 17 heavy (non-hydrogen) atoms. The molecule has 2 rings (SSSR count). The van der Waals surface area contributed by atoms with Gasteiger partial charge in [-0.1, -0.05) is 6.07 Å². The molecule has 0 atom stereocenters. The molecule has 0 aromatic carbocycles. The molecule has 92 valence electrons. The molecule has 0 amide bonds. The lowest BCUT2D eigenvalue weighted by molar-refractivity contribution is -0.142. The zero-order valence-corrected chi connectivity index (χ0v) is 10.5. The van der Waals surface area contributed by atoms with Crippen LogP contribution in [-0.4, -0.2) is 27.6 Å². The SMILES string of the molecule is Cc1cccnc1N(C1CC1)C(C)(C)C(=O)O. The Labute approximate surface area is 101 Å². The van der Waals surface area contributed by atoms with Crippen LogP contribution in [0.4, 0.5) is 5.82 Å². The van der Waals surface area contributed by atoms with E-state index < -0.39 is 11.5 Å². The minimum atomic E-state index is -0.916. The van der Waals surface area contributed by atoms with Gasteiger partial charge in [0.05, 0.1) is 0 Å². The fourth-order valence-electron chi connectivity index (χ4n) is 2.06. The van der Waals surface area contributed by atoms with Gasteiger partial charge in [0.1, 0.15) is 11.4 Å². The number of hydrogen-bond acceptors (Lipinski definition) is 3. The van der Waals surface area contributed by atoms with Crippen LogP contribution in [0.5, 0.6) is 0 Å². The molecule has 0 unspecified atom stereocenters. The van der Waals surface area contributed by atoms with Gasteiger partial charge in [-0.25, -0.2) is 9.78 Å². The van der Waals surface area contributed by atoms with Crippen LogP contribution >= 0.6 is 0 Å². The summed E-state index contributed by atoms with van der Waals surface area (Å²) in [5.74, 6) is -0.0168. The first-order valence-corrected chi connectivity index (χ1v) is 5.89. The Hall–Kier alpha value is -1.58. The molecule has 1 aromatic rings. The van der Waals surface area contributed by atoms with Crippen molar-refractivity contribution < 1.29 is 9.90 Å². The number of carboxylic acids is 1. The lowest BCUT2D eigenvalue weighted by atomic mass is 10.0. The lowest BCUT2D eigenvalue weighted by Crippen LogP contribution is -2.52. The van der Waals surface area contributed by atoms with Crippen LogP contribution in [0, 0.1) is 6.92 Å². The van der Waals surface area contributed by atoms with Crippen LogP contribution in [0.25, 0.3) is 0 Å². The predicted molar refractivity (Wildman–Crippen MR) is 66.2 cm³/mol. The molecule has 1 fully saturated rings. The second-order valence-corrected chi connectivity index (χ2v) is 5.11. The minimum absolute atomic E-state index is 0.315. The summed E-state index contributed by atoms with van der Waals surface area (Å²) in [6.45, 7) is 5.44. The maximum atomic E-state index is 11.4. The molecular formula is C13H18N2O2. The highest BCUT2D eigenvalue weighted by molar-refractivity contribution is 5.83. The predicted octanol–water partition coefficient (Wildman–Crippen LogP) is 2.22. The van der Waals surface area contributed by atoms with E-state index in [1.165, 1.54) is 0 Å². The summed E-state index contributed by atoms with van der Waals surface area (Å²) in [6.07, 6.45) is 3.81. The number of carboxylic acid groups (broad SMARTS) is 1. The van der Waals surface area contributed by atoms with E-state index >= 15 is 0 Å². The summed E-state index contributed by atoms with van der Waals surface area (Å²) in [5.41, 5.74) is 0.106. The summed E-state index contributed by atoms with van der Waals surface area (Å²) in [5, 5.41) is 9.37. The summed E-state index contributed by atoms with van der Waals surface area (Å²) >= 11 is 0. The molecule has 0 saturated heterocycles. The average molecular weight is 234 g/mol. The van der Waals surface area contributed by atoms with Crippen molar-refractivity contribution in [3.8, 4) is 0 Å². The van der Waals surface area contributed by atoms with E-state index in [1.54, 1.807) is 20.0 Å². The number of carbonyl (C=O) groups is 1. The van der Waals surface area contributed by atoms with Gasteiger partial charge < -0.3 is 10.0 Å². The Bertz CT molecular complexity index is 439. The smallest absolute Gasteiger partial charge is 0.329 e. The first-order chi connectivity index (χ1) is 7.94. The van der Waals surface area contributed by atoms with Crippen LogP contribution in [0.1, 0.15) is 32.3 Å². The van der Waals surface area contributed by atoms with Gasteiger partial charge in [-0.05, 0) is 45.2 Å². The van der Waals surface area contributed by atoms with E-state index in [-0.39, 0.29) is 0 Å². The van der Waals surface area contributed by atoms with Crippen LogP contribution in [0.2, 0.25) is 0 Å². The molecule has 0 spiro atoms. The third kappa shape index (κ3) is 2.12. The highest BCUT2D eigenvalue weighted by atomic mass is 16.4. The number of nitrogens with zero attached hydrogens (tertiary/aromatic N) is 2. The van der Waals surface area contributed by atoms with Crippen molar-refractivity contribution in [1.29, 1.82) is 0 Å². The standard InChI is InChI=1S/C13H18N2O2/c1-9-5-4-8-14-11(9)15(10-6-7-10)13(2,3)12(16)17/h4-5,8,10H,6-7H2,1-3H3,(H,16,17). The Kier molecular flexibility index (Phi) is 2.81. The fourth-order valence-corrected chi connectivity index (χ4v) is 2.06. The van der Waals surface area contributed by atoms with Crippen LogP contribution in [0.15, 0.2) is 18.3 Å². The van der Waals surface area contributed by atoms with E-state index in [0.717, 1.165) is 24.2 Å². The zero-order chi connectivity index (χ0) is 12.6. The first kappa shape index (κ1) is 11.9. The summed E-state index contributed by atoms with van der Waals surface area (Å²) in [4.78, 5) is 17.7. The van der Waals surface area contributed by atoms with Crippen LogP contribution < -0.4 is 4.90 Å². The van der Waals surface area contributed by atoms with Crippen molar-refractivity contribution in [2.24, 2.45) is 0 Å². The number of aryl methyl sites for hydroxylation is 1. The lowest BCUT2D eigenvalue weighted by Gasteiger charge is -2.37. The van der Waals surface area contributed by atoms with Crippen molar-refractivity contribution in [3.63, 3.8) is 0 Å². The minimum Gasteiger partial charge on any atom is -0.480 e. The van der Waals surface area contributed by atoms with E-state index in [9.17, 15) is 9.90 Å². The van der Waals surface area contributed by atoms with Gasteiger partial charge in [0.15, 0.2) is 0 Å². The second-order valence-electron chi connectivity index (χ2n) is 5.11. The van der Waals surface area contributed by atoms with Crippen molar-refractivity contribution in [2.75, 3.05) is 4.90 Å². The van der Waals surface area contributed by atoms with Crippen molar-refractivity contribution in [1.82, 2.24) is 4.98 Å². The largest absolute Gasteiger partial charge is 0.480 e. The Morgan fingerprint density at radius 2 is 2.18 bits per heavy atom. The molecule has 4 heteroatoms. The number of aromatic nitrogens is 1. The van der Waals surface area contributed by atoms with E-state index in [2.05, 4.69) is 4.98 Å². The number of rotatable bonds is 4. The van der Waals surface area contributed by atoms with Gasteiger partial charge in [0.2, 0.25) is 0 Å². The zero-order valence-electron chi connectivity index (χ0n) is 10.5. The monoisotopic (exact) mass is 234 g/mol. The van der Waals surface area contributed by atoms with Gasteiger partial charge in [0.25, 0.3) is 0 Å². The van der Waals surface area contributed by atoms with Crippen molar-refractivity contribution >= 4 is 11.8 Å². The van der Waals surface area contributed by atoms with Gasteiger partial charge >= 0.3 is 5.97 Å². The Morgan fingerprint density at radius 1 is 1.53 bits per heavy atom. The highest BCUT2D eigenvalue weighted by Gasteiger charge is 2.44. The molecule has 1 aromatic heterocycles. The summed E-state index contributed by atoms with van der Waals surface area (Å²) in [6, 6.07) is 4.16. The van der Waals surface area contributed by atoms with Gasteiger partial charge in [-0.15, -0.1) is 0 Å². The highest BCUT2D eigenvalue weighted by Crippen LogP contribution is 2.37. The molecule has 1 heterocycles. The first-order valence-electron chi connectivity index (χ1n) is 5.89.